The monoisotopic (exact) mass is 382 g/mol. The van der Waals surface area contributed by atoms with Gasteiger partial charge in [-0.05, 0) is 31.5 Å². The van der Waals surface area contributed by atoms with Crippen molar-refractivity contribution in [2.24, 2.45) is 0 Å². The first-order valence-corrected chi connectivity index (χ1v) is 8.56. The summed E-state index contributed by atoms with van der Waals surface area (Å²) in [5.41, 5.74) is 0.767. The van der Waals surface area contributed by atoms with Crippen LogP contribution in [0.15, 0.2) is 30.5 Å². The largest absolute Gasteiger partial charge is 0.497 e. The lowest BCUT2D eigenvalue weighted by atomic mass is 9.96. The predicted octanol–water partition coefficient (Wildman–Crippen LogP) is 3.69. The van der Waals surface area contributed by atoms with Gasteiger partial charge in [0.2, 0.25) is 0 Å². The van der Waals surface area contributed by atoms with Gasteiger partial charge in [0.05, 0.1) is 19.3 Å². The lowest BCUT2D eigenvalue weighted by Gasteiger charge is -2.34. The van der Waals surface area contributed by atoms with E-state index in [1.165, 1.54) is 13.3 Å². The fourth-order valence-electron chi connectivity index (χ4n) is 3.12. The first-order chi connectivity index (χ1) is 12.7. The zero-order valence-corrected chi connectivity index (χ0v) is 15.2. The van der Waals surface area contributed by atoms with E-state index in [0.29, 0.717) is 11.3 Å². The van der Waals surface area contributed by atoms with E-state index in [4.69, 9.17) is 4.74 Å². The summed E-state index contributed by atoms with van der Waals surface area (Å²) in [5, 5.41) is 9.58. The number of alkyl halides is 3. The second kappa shape index (κ2) is 7.13. The minimum atomic E-state index is -4.49. The minimum absolute atomic E-state index is 0.0718. The summed E-state index contributed by atoms with van der Waals surface area (Å²) in [5.74, 6) is 0.224. The van der Waals surface area contributed by atoms with Crippen LogP contribution in [0.1, 0.15) is 48.3 Å². The number of aromatic nitrogens is 2. The minimum Gasteiger partial charge on any atom is -0.497 e. The Kier molecular flexibility index (Phi) is 5.03. The van der Waals surface area contributed by atoms with E-state index in [0.717, 1.165) is 4.68 Å². The molecule has 1 aromatic heterocycles. The van der Waals surface area contributed by atoms with E-state index < -0.39 is 24.2 Å². The molecule has 2 heterocycles. The number of fused-ring (bicyclic) bond motifs is 1. The standard InChI is InChI=1S/C18H21F3N4O2/c1-10(2)23-17(26)13-9-22-25-15(18(19,20)21)8-14(24-16(13)25)11-4-6-12(27-3)7-5-11/h4-7,9-10,14-15,24H,8H2,1-3H3,(H,23,26). The van der Waals surface area contributed by atoms with Crippen LogP contribution in [-0.2, 0) is 0 Å². The molecule has 0 saturated heterocycles. The molecule has 2 atom stereocenters. The van der Waals surface area contributed by atoms with Crippen molar-refractivity contribution < 1.29 is 22.7 Å². The molecular weight excluding hydrogens is 361 g/mol. The molecule has 27 heavy (non-hydrogen) atoms. The third kappa shape index (κ3) is 3.86. The maximum atomic E-state index is 13.6. The molecule has 2 aromatic rings. The number of nitrogens with one attached hydrogen (secondary N) is 2. The van der Waals surface area contributed by atoms with Gasteiger partial charge in [0.25, 0.3) is 5.91 Å². The molecule has 2 N–H and O–H groups in total. The molecule has 0 spiro atoms. The second-order valence-corrected chi connectivity index (χ2v) is 6.74. The molecule has 1 aromatic carbocycles. The van der Waals surface area contributed by atoms with Gasteiger partial charge in [-0.3, -0.25) is 4.79 Å². The van der Waals surface area contributed by atoms with Gasteiger partial charge in [-0.15, -0.1) is 0 Å². The smallest absolute Gasteiger partial charge is 0.410 e. The summed E-state index contributed by atoms with van der Waals surface area (Å²) >= 11 is 0. The summed E-state index contributed by atoms with van der Waals surface area (Å²) in [6.45, 7) is 3.56. The number of methoxy groups -OCH3 is 1. The van der Waals surface area contributed by atoms with Crippen molar-refractivity contribution in [3.05, 3.63) is 41.6 Å². The van der Waals surface area contributed by atoms with E-state index in [1.54, 1.807) is 38.1 Å². The highest BCUT2D eigenvalue weighted by molar-refractivity contribution is 5.99. The molecule has 3 rings (SSSR count). The number of rotatable bonds is 4. The number of hydrogen-bond acceptors (Lipinski definition) is 4. The van der Waals surface area contributed by atoms with Gasteiger partial charge >= 0.3 is 6.18 Å². The molecule has 2 unspecified atom stereocenters. The summed E-state index contributed by atoms with van der Waals surface area (Å²) < 4.78 is 46.9. The van der Waals surface area contributed by atoms with Crippen molar-refractivity contribution >= 4 is 11.7 Å². The third-order valence-corrected chi connectivity index (χ3v) is 4.42. The lowest BCUT2D eigenvalue weighted by Crippen LogP contribution is -2.37. The van der Waals surface area contributed by atoms with Crippen molar-refractivity contribution in [1.82, 2.24) is 15.1 Å². The Morgan fingerprint density at radius 3 is 2.56 bits per heavy atom. The number of benzene rings is 1. The van der Waals surface area contributed by atoms with E-state index in [9.17, 15) is 18.0 Å². The molecular formula is C18H21F3N4O2. The Morgan fingerprint density at radius 1 is 1.33 bits per heavy atom. The van der Waals surface area contributed by atoms with Crippen molar-refractivity contribution in [2.75, 3.05) is 12.4 Å². The second-order valence-electron chi connectivity index (χ2n) is 6.74. The van der Waals surface area contributed by atoms with Gasteiger partial charge in [0.1, 0.15) is 17.1 Å². The van der Waals surface area contributed by atoms with Crippen LogP contribution in [0, 0.1) is 0 Å². The lowest BCUT2D eigenvalue weighted by molar-refractivity contribution is -0.173. The van der Waals surface area contributed by atoms with Crippen LogP contribution in [0.25, 0.3) is 0 Å². The molecule has 9 heteroatoms. The van der Waals surface area contributed by atoms with E-state index in [1.807, 2.05) is 0 Å². The molecule has 0 aliphatic carbocycles. The first kappa shape index (κ1) is 19.1. The molecule has 0 radical (unpaired) electrons. The van der Waals surface area contributed by atoms with Gasteiger partial charge in [-0.2, -0.15) is 18.3 Å². The van der Waals surface area contributed by atoms with Gasteiger partial charge in [0, 0.05) is 12.5 Å². The van der Waals surface area contributed by atoms with Gasteiger partial charge in [-0.25, -0.2) is 4.68 Å². The van der Waals surface area contributed by atoms with Crippen LogP contribution in [0.2, 0.25) is 0 Å². The van der Waals surface area contributed by atoms with Crippen LogP contribution in [-0.4, -0.2) is 35.0 Å². The summed E-state index contributed by atoms with van der Waals surface area (Å²) in [6.07, 6.45) is -3.54. The predicted molar refractivity (Wildman–Crippen MR) is 93.9 cm³/mol. The number of nitrogens with zero attached hydrogens (tertiary/aromatic N) is 2. The maximum Gasteiger partial charge on any atom is 0.410 e. The van der Waals surface area contributed by atoms with E-state index >= 15 is 0 Å². The normalized spacial score (nSPS) is 19.4. The molecule has 1 aliphatic heterocycles. The Hall–Kier alpha value is -2.71. The van der Waals surface area contributed by atoms with Crippen LogP contribution in [0.4, 0.5) is 19.0 Å². The Balaban J connectivity index is 1.99. The number of anilines is 1. The Morgan fingerprint density at radius 2 is 2.00 bits per heavy atom. The highest BCUT2D eigenvalue weighted by Crippen LogP contribution is 2.44. The topological polar surface area (TPSA) is 68.2 Å². The maximum absolute atomic E-state index is 13.6. The van der Waals surface area contributed by atoms with E-state index in [2.05, 4.69) is 15.7 Å². The average Bonchev–Trinajstić information content (AvgIpc) is 3.03. The van der Waals surface area contributed by atoms with Crippen molar-refractivity contribution in [3.8, 4) is 5.75 Å². The first-order valence-electron chi connectivity index (χ1n) is 8.56. The Labute approximate surface area is 154 Å². The van der Waals surface area contributed by atoms with Crippen molar-refractivity contribution in [3.63, 3.8) is 0 Å². The number of amides is 1. The molecule has 1 aliphatic rings. The highest BCUT2D eigenvalue weighted by atomic mass is 19.4. The fraction of sp³-hybridized carbons (Fsp3) is 0.444. The number of carbonyl (C=O) groups excluding carboxylic acids is 1. The molecule has 0 bridgehead atoms. The third-order valence-electron chi connectivity index (χ3n) is 4.42. The zero-order chi connectivity index (χ0) is 19.8. The SMILES string of the molecule is COc1ccc(C2CC(C(F)(F)F)n3ncc(C(=O)NC(C)C)c3N2)cc1. The van der Waals surface area contributed by atoms with Gasteiger partial charge in [-0.1, -0.05) is 12.1 Å². The molecule has 1 amide bonds. The van der Waals surface area contributed by atoms with Crippen molar-refractivity contribution in [2.45, 2.75) is 44.6 Å². The number of halogens is 3. The van der Waals surface area contributed by atoms with Crippen LogP contribution in [0.3, 0.4) is 0 Å². The van der Waals surface area contributed by atoms with E-state index in [-0.39, 0.29) is 23.8 Å². The van der Waals surface area contributed by atoms with Crippen LogP contribution >= 0.6 is 0 Å². The number of carbonyl (C=O) groups is 1. The van der Waals surface area contributed by atoms with Gasteiger partial charge < -0.3 is 15.4 Å². The number of hydrogen-bond donors (Lipinski definition) is 2. The Bertz CT molecular complexity index is 815. The van der Waals surface area contributed by atoms with Crippen LogP contribution in [0.5, 0.6) is 5.75 Å². The highest BCUT2D eigenvalue weighted by Gasteiger charge is 2.47. The molecule has 0 saturated carbocycles. The molecule has 0 fully saturated rings. The van der Waals surface area contributed by atoms with Gasteiger partial charge in [0.15, 0.2) is 6.04 Å². The molecule has 146 valence electrons. The average molecular weight is 382 g/mol. The summed E-state index contributed by atoms with van der Waals surface area (Å²) in [4.78, 5) is 12.4. The van der Waals surface area contributed by atoms with Crippen LogP contribution < -0.4 is 15.4 Å². The molecule has 6 nitrogen and oxygen atoms in total. The summed E-state index contributed by atoms with van der Waals surface area (Å²) in [7, 11) is 1.52. The quantitative estimate of drug-likeness (QED) is 0.846. The zero-order valence-electron chi connectivity index (χ0n) is 15.2. The number of ether oxygens (including phenoxy) is 1. The van der Waals surface area contributed by atoms with Crippen molar-refractivity contribution in [1.29, 1.82) is 0 Å². The summed E-state index contributed by atoms with van der Waals surface area (Å²) in [6, 6.07) is 4.23. The fourth-order valence-corrected chi connectivity index (χ4v) is 3.12.